The summed E-state index contributed by atoms with van der Waals surface area (Å²) in [6.45, 7) is 0. The van der Waals surface area contributed by atoms with E-state index < -0.39 is 0 Å². The van der Waals surface area contributed by atoms with Crippen molar-refractivity contribution in [1.82, 2.24) is 9.78 Å². The minimum atomic E-state index is 0.559. The summed E-state index contributed by atoms with van der Waals surface area (Å²) < 4.78 is 6.90. The molecule has 0 N–H and O–H groups in total. The molecule has 0 saturated carbocycles. The standard InChI is InChI=1S/C17H14N2O2/c1-21-16-9-5-8-15(10-16)19-11-14(12-20)17(18-19)13-6-3-2-4-7-13/h2-12H,1H3. The van der Waals surface area contributed by atoms with Gasteiger partial charge in [-0.05, 0) is 12.1 Å². The van der Waals surface area contributed by atoms with Crippen LogP contribution in [0.3, 0.4) is 0 Å². The number of carbonyl (C=O) groups excluding carboxylic acids is 1. The second-order valence-electron chi connectivity index (χ2n) is 4.56. The van der Waals surface area contributed by atoms with Crippen molar-refractivity contribution in [3.05, 3.63) is 66.4 Å². The van der Waals surface area contributed by atoms with Gasteiger partial charge in [0.05, 0.1) is 18.4 Å². The molecule has 104 valence electrons. The van der Waals surface area contributed by atoms with Crippen molar-refractivity contribution < 1.29 is 9.53 Å². The fraction of sp³-hybridized carbons (Fsp3) is 0.0588. The number of methoxy groups -OCH3 is 1. The van der Waals surface area contributed by atoms with Crippen LogP contribution in [-0.2, 0) is 0 Å². The Morgan fingerprint density at radius 2 is 1.90 bits per heavy atom. The maximum atomic E-state index is 11.3. The zero-order valence-corrected chi connectivity index (χ0v) is 11.6. The summed E-state index contributed by atoms with van der Waals surface area (Å²) in [5.74, 6) is 0.747. The first-order chi connectivity index (χ1) is 10.3. The highest BCUT2D eigenvalue weighted by atomic mass is 16.5. The van der Waals surface area contributed by atoms with Crippen LogP contribution < -0.4 is 4.74 Å². The van der Waals surface area contributed by atoms with Crippen LogP contribution in [0.5, 0.6) is 5.75 Å². The van der Waals surface area contributed by atoms with E-state index in [4.69, 9.17) is 4.74 Å². The molecule has 0 saturated heterocycles. The Hall–Kier alpha value is -2.88. The molecule has 0 atom stereocenters. The van der Waals surface area contributed by atoms with Crippen molar-refractivity contribution in [1.29, 1.82) is 0 Å². The lowest BCUT2D eigenvalue weighted by Gasteiger charge is -2.04. The van der Waals surface area contributed by atoms with Crippen molar-refractivity contribution in [2.24, 2.45) is 0 Å². The first-order valence-electron chi connectivity index (χ1n) is 6.56. The summed E-state index contributed by atoms with van der Waals surface area (Å²) in [4.78, 5) is 11.3. The van der Waals surface area contributed by atoms with E-state index in [1.54, 1.807) is 18.0 Å². The number of hydrogen-bond donors (Lipinski definition) is 0. The van der Waals surface area contributed by atoms with Crippen LogP contribution >= 0.6 is 0 Å². The molecule has 4 nitrogen and oxygen atoms in total. The van der Waals surface area contributed by atoms with Gasteiger partial charge in [0.25, 0.3) is 0 Å². The monoisotopic (exact) mass is 278 g/mol. The summed E-state index contributed by atoms with van der Waals surface area (Å²) in [5.41, 5.74) is 3.00. The smallest absolute Gasteiger partial charge is 0.153 e. The fourth-order valence-corrected chi connectivity index (χ4v) is 2.18. The fourth-order valence-electron chi connectivity index (χ4n) is 2.18. The Balaban J connectivity index is 2.09. The maximum Gasteiger partial charge on any atom is 0.153 e. The minimum Gasteiger partial charge on any atom is -0.497 e. The average molecular weight is 278 g/mol. The quantitative estimate of drug-likeness (QED) is 0.687. The zero-order valence-electron chi connectivity index (χ0n) is 11.6. The second kappa shape index (κ2) is 5.63. The lowest BCUT2D eigenvalue weighted by atomic mass is 10.1. The van der Waals surface area contributed by atoms with Gasteiger partial charge in [-0.25, -0.2) is 4.68 Å². The highest BCUT2D eigenvalue weighted by molar-refractivity contribution is 5.85. The van der Waals surface area contributed by atoms with Crippen LogP contribution in [0.15, 0.2) is 60.8 Å². The normalized spacial score (nSPS) is 10.3. The lowest BCUT2D eigenvalue weighted by molar-refractivity contribution is 0.112. The molecule has 21 heavy (non-hydrogen) atoms. The molecule has 1 aromatic heterocycles. The molecule has 0 fully saturated rings. The molecule has 0 aliphatic heterocycles. The molecule has 0 radical (unpaired) electrons. The van der Waals surface area contributed by atoms with Gasteiger partial charge >= 0.3 is 0 Å². The van der Waals surface area contributed by atoms with Crippen molar-refractivity contribution in [2.75, 3.05) is 7.11 Å². The molecule has 0 unspecified atom stereocenters. The maximum absolute atomic E-state index is 11.3. The Kier molecular flexibility index (Phi) is 3.51. The molecule has 1 heterocycles. The Labute approximate surface area is 122 Å². The van der Waals surface area contributed by atoms with Gasteiger partial charge in [-0.3, -0.25) is 4.79 Å². The van der Waals surface area contributed by atoms with Crippen molar-refractivity contribution in [3.63, 3.8) is 0 Å². The molecule has 0 spiro atoms. The van der Waals surface area contributed by atoms with Gasteiger partial charge in [0.15, 0.2) is 6.29 Å². The first kappa shape index (κ1) is 13.1. The van der Waals surface area contributed by atoms with E-state index >= 15 is 0 Å². The SMILES string of the molecule is COc1cccc(-n2cc(C=O)c(-c3ccccc3)n2)c1. The third-order valence-electron chi connectivity index (χ3n) is 3.23. The lowest BCUT2D eigenvalue weighted by Crippen LogP contribution is -1.95. The van der Waals surface area contributed by atoms with Crippen LogP contribution in [0.25, 0.3) is 16.9 Å². The Bertz CT molecular complexity index is 763. The molecule has 3 aromatic rings. The molecule has 3 rings (SSSR count). The number of benzene rings is 2. The van der Waals surface area contributed by atoms with E-state index in [0.29, 0.717) is 11.3 Å². The molecular formula is C17H14N2O2. The largest absolute Gasteiger partial charge is 0.497 e. The van der Waals surface area contributed by atoms with Gasteiger partial charge in [-0.15, -0.1) is 0 Å². The van der Waals surface area contributed by atoms with Gasteiger partial charge < -0.3 is 4.74 Å². The van der Waals surface area contributed by atoms with E-state index in [0.717, 1.165) is 23.3 Å². The molecule has 0 aliphatic carbocycles. The van der Waals surface area contributed by atoms with Gasteiger partial charge in [-0.2, -0.15) is 5.10 Å². The van der Waals surface area contributed by atoms with E-state index in [2.05, 4.69) is 5.10 Å². The van der Waals surface area contributed by atoms with E-state index in [-0.39, 0.29) is 0 Å². The third-order valence-corrected chi connectivity index (χ3v) is 3.23. The van der Waals surface area contributed by atoms with Gasteiger partial charge in [0, 0.05) is 17.8 Å². The zero-order chi connectivity index (χ0) is 14.7. The van der Waals surface area contributed by atoms with E-state index in [1.807, 2.05) is 54.6 Å². The van der Waals surface area contributed by atoms with E-state index in [9.17, 15) is 4.79 Å². The van der Waals surface area contributed by atoms with Crippen LogP contribution in [0.1, 0.15) is 10.4 Å². The van der Waals surface area contributed by atoms with Crippen molar-refractivity contribution in [3.8, 4) is 22.7 Å². The molecule has 2 aromatic carbocycles. The Morgan fingerprint density at radius 1 is 1.10 bits per heavy atom. The van der Waals surface area contributed by atoms with Crippen LogP contribution in [-0.4, -0.2) is 23.2 Å². The molecule has 0 bridgehead atoms. The summed E-state index contributed by atoms with van der Waals surface area (Å²) in [7, 11) is 1.62. The van der Waals surface area contributed by atoms with Crippen molar-refractivity contribution >= 4 is 6.29 Å². The van der Waals surface area contributed by atoms with Gasteiger partial charge in [0.2, 0.25) is 0 Å². The first-order valence-corrected chi connectivity index (χ1v) is 6.56. The number of hydrogen-bond acceptors (Lipinski definition) is 3. The predicted molar refractivity (Wildman–Crippen MR) is 80.9 cm³/mol. The molecular weight excluding hydrogens is 264 g/mol. The number of carbonyl (C=O) groups is 1. The van der Waals surface area contributed by atoms with Crippen LogP contribution in [0, 0.1) is 0 Å². The summed E-state index contributed by atoms with van der Waals surface area (Å²) >= 11 is 0. The molecule has 0 aliphatic rings. The summed E-state index contributed by atoms with van der Waals surface area (Å²) in [6.07, 6.45) is 2.55. The number of nitrogens with zero attached hydrogens (tertiary/aromatic N) is 2. The van der Waals surface area contributed by atoms with Crippen LogP contribution in [0.2, 0.25) is 0 Å². The number of aldehydes is 1. The number of aromatic nitrogens is 2. The third kappa shape index (κ3) is 2.56. The van der Waals surface area contributed by atoms with Crippen molar-refractivity contribution in [2.45, 2.75) is 0 Å². The number of ether oxygens (including phenoxy) is 1. The summed E-state index contributed by atoms with van der Waals surface area (Å²) in [6, 6.07) is 17.2. The van der Waals surface area contributed by atoms with Gasteiger partial charge in [-0.1, -0.05) is 36.4 Å². The highest BCUT2D eigenvalue weighted by Gasteiger charge is 2.11. The van der Waals surface area contributed by atoms with Gasteiger partial charge in [0.1, 0.15) is 11.4 Å². The highest BCUT2D eigenvalue weighted by Crippen LogP contribution is 2.23. The average Bonchev–Trinajstić information content (AvgIpc) is 3.00. The van der Waals surface area contributed by atoms with E-state index in [1.165, 1.54) is 0 Å². The summed E-state index contributed by atoms with van der Waals surface area (Å²) in [5, 5.41) is 4.53. The number of rotatable bonds is 4. The second-order valence-corrected chi connectivity index (χ2v) is 4.56. The predicted octanol–water partition coefficient (Wildman–Crippen LogP) is 3.36. The topological polar surface area (TPSA) is 44.1 Å². The minimum absolute atomic E-state index is 0.559. The Morgan fingerprint density at radius 3 is 2.62 bits per heavy atom. The van der Waals surface area contributed by atoms with Crippen LogP contribution in [0.4, 0.5) is 0 Å². The molecule has 0 amide bonds. The molecule has 4 heteroatoms.